The van der Waals surface area contributed by atoms with Crippen LogP contribution in [-0.4, -0.2) is 77.3 Å². The van der Waals surface area contributed by atoms with Crippen LogP contribution in [0.15, 0.2) is 54.9 Å². The Bertz CT molecular complexity index is 2040. The summed E-state index contributed by atoms with van der Waals surface area (Å²) in [6.45, 7) is 8.24. The summed E-state index contributed by atoms with van der Waals surface area (Å²) in [6.07, 6.45) is 4.51. The number of likely N-dealkylation sites (tertiary alicyclic amines) is 1. The Morgan fingerprint density at radius 3 is 2.50 bits per heavy atom. The molecule has 15 heteroatoms. The van der Waals surface area contributed by atoms with Crippen molar-refractivity contribution in [1.82, 2.24) is 19.9 Å². The molecule has 1 aliphatic heterocycles. The first-order chi connectivity index (χ1) is 23.5. The van der Waals surface area contributed by atoms with Crippen LogP contribution in [-0.2, 0) is 14.8 Å². The largest absolute Gasteiger partial charge is 0.444 e. The number of alkyl halides is 2. The molecule has 2 aromatic carbocycles. The molecule has 1 saturated carbocycles. The number of ether oxygens (including phenoxy) is 2. The van der Waals surface area contributed by atoms with Crippen LogP contribution in [0.5, 0.6) is 11.6 Å². The Morgan fingerprint density at radius 2 is 1.82 bits per heavy atom. The predicted octanol–water partition coefficient (Wildman–Crippen LogP) is 7.31. The maximum absolute atomic E-state index is 15.5. The van der Waals surface area contributed by atoms with Crippen LogP contribution in [0.25, 0.3) is 22.0 Å². The van der Waals surface area contributed by atoms with Gasteiger partial charge in [0.1, 0.15) is 23.2 Å². The second-order valence-corrected chi connectivity index (χ2v) is 15.6. The SMILES string of the molecule is Cc1ccc2c(N(C3CCC3(F)F)S(C)(=O)=O)c(F)ccc2c1Oc1ncccc1-c1ccnc(N[C@H]2CCCN(C(=O)OC(C)(C)C)C2)n1. The first-order valence-corrected chi connectivity index (χ1v) is 18.2. The van der Waals surface area contributed by atoms with Gasteiger partial charge < -0.3 is 19.7 Å². The number of pyridine rings is 1. The molecule has 266 valence electrons. The lowest BCUT2D eigenvalue weighted by atomic mass is 9.87. The molecule has 4 aromatic rings. The molecule has 2 fully saturated rings. The van der Waals surface area contributed by atoms with E-state index in [0.717, 1.165) is 25.2 Å². The fourth-order valence-electron chi connectivity index (χ4n) is 6.25. The van der Waals surface area contributed by atoms with E-state index in [1.807, 2.05) is 20.8 Å². The molecule has 2 aliphatic rings. The van der Waals surface area contributed by atoms with E-state index in [2.05, 4.69) is 15.3 Å². The first kappa shape index (κ1) is 35.2. The molecule has 6 rings (SSSR count). The Labute approximate surface area is 288 Å². The topological polar surface area (TPSA) is 127 Å². The van der Waals surface area contributed by atoms with Crippen molar-refractivity contribution in [2.75, 3.05) is 29.0 Å². The number of hydrogen-bond donors (Lipinski definition) is 1. The number of piperidine rings is 1. The predicted molar refractivity (Wildman–Crippen MR) is 184 cm³/mol. The number of anilines is 2. The maximum Gasteiger partial charge on any atom is 0.410 e. The van der Waals surface area contributed by atoms with Crippen LogP contribution < -0.4 is 14.4 Å². The molecule has 2 atom stereocenters. The summed E-state index contributed by atoms with van der Waals surface area (Å²) >= 11 is 0. The molecule has 1 aliphatic carbocycles. The molecule has 1 saturated heterocycles. The van der Waals surface area contributed by atoms with Crippen LogP contribution in [0.3, 0.4) is 0 Å². The number of nitrogens with zero attached hydrogens (tertiary/aromatic N) is 5. The second-order valence-electron chi connectivity index (χ2n) is 13.7. The van der Waals surface area contributed by atoms with Gasteiger partial charge in [0.25, 0.3) is 5.92 Å². The first-order valence-electron chi connectivity index (χ1n) is 16.3. The number of nitrogens with one attached hydrogen (secondary N) is 1. The van der Waals surface area contributed by atoms with Gasteiger partial charge in [-0.1, -0.05) is 12.1 Å². The van der Waals surface area contributed by atoms with E-state index >= 15 is 4.39 Å². The summed E-state index contributed by atoms with van der Waals surface area (Å²) in [5.74, 6) is -3.52. The van der Waals surface area contributed by atoms with Crippen molar-refractivity contribution in [2.24, 2.45) is 0 Å². The number of carbonyl (C=O) groups excluding carboxylic acids is 1. The van der Waals surface area contributed by atoms with Gasteiger partial charge in [-0.05, 0) is 82.9 Å². The van der Waals surface area contributed by atoms with Gasteiger partial charge in [-0.2, -0.15) is 0 Å². The smallest absolute Gasteiger partial charge is 0.410 e. The lowest BCUT2D eigenvalue weighted by Gasteiger charge is -2.43. The number of fused-ring (bicyclic) bond motifs is 1. The van der Waals surface area contributed by atoms with Gasteiger partial charge in [-0.3, -0.25) is 4.31 Å². The molecule has 0 spiro atoms. The van der Waals surface area contributed by atoms with Crippen LogP contribution >= 0.6 is 0 Å². The summed E-state index contributed by atoms with van der Waals surface area (Å²) in [5, 5.41) is 3.73. The van der Waals surface area contributed by atoms with Gasteiger partial charge in [0, 0.05) is 48.7 Å². The molecule has 3 heterocycles. The van der Waals surface area contributed by atoms with Crippen molar-refractivity contribution < 1.29 is 35.9 Å². The molecule has 1 amide bonds. The van der Waals surface area contributed by atoms with Gasteiger partial charge >= 0.3 is 6.09 Å². The summed E-state index contributed by atoms with van der Waals surface area (Å²) < 4.78 is 82.9. The minimum atomic E-state index is -4.30. The van der Waals surface area contributed by atoms with Crippen molar-refractivity contribution in [2.45, 2.75) is 77.0 Å². The lowest BCUT2D eigenvalue weighted by molar-refractivity contribution is -0.0898. The number of benzene rings is 2. The Morgan fingerprint density at radius 1 is 1.06 bits per heavy atom. The molecule has 1 N–H and O–H groups in total. The minimum Gasteiger partial charge on any atom is -0.444 e. The summed E-state index contributed by atoms with van der Waals surface area (Å²) in [4.78, 5) is 27.9. The highest BCUT2D eigenvalue weighted by Crippen LogP contribution is 2.47. The highest BCUT2D eigenvalue weighted by Gasteiger charge is 2.54. The Balaban J connectivity index is 1.31. The monoisotopic (exact) mass is 712 g/mol. The average molecular weight is 713 g/mol. The second kappa shape index (κ2) is 13.2. The van der Waals surface area contributed by atoms with Gasteiger partial charge in [-0.25, -0.2) is 41.3 Å². The molecule has 2 aromatic heterocycles. The van der Waals surface area contributed by atoms with Crippen molar-refractivity contribution in [3.63, 3.8) is 0 Å². The van der Waals surface area contributed by atoms with Gasteiger partial charge in [0.15, 0.2) is 0 Å². The molecule has 0 bridgehead atoms. The maximum atomic E-state index is 15.5. The van der Waals surface area contributed by atoms with E-state index in [4.69, 9.17) is 14.5 Å². The third-order valence-electron chi connectivity index (χ3n) is 8.68. The molecule has 11 nitrogen and oxygen atoms in total. The fraction of sp³-hybridized carbons (Fsp3) is 0.429. The number of hydrogen-bond acceptors (Lipinski definition) is 9. The van der Waals surface area contributed by atoms with Crippen LogP contribution in [0, 0.1) is 12.7 Å². The zero-order valence-electron chi connectivity index (χ0n) is 28.4. The lowest BCUT2D eigenvalue weighted by Crippen LogP contribution is -2.57. The number of amides is 1. The fourth-order valence-corrected chi connectivity index (χ4v) is 7.49. The highest BCUT2D eigenvalue weighted by molar-refractivity contribution is 7.92. The van der Waals surface area contributed by atoms with Crippen LogP contribution in [0.2, 0.25) is 0 Å². The molecule has 50 heavy (non-hydrogen) atoms. The van der Waals surface area contributed by atoms with E-state index in [-0.39, 0.29) is 35.6 Å². The number of rotatable bonds is 8. The quantitative estimate of drug-likeness (QED) is 0.200. The number of halogens is 3. The normalized spacial score (nSPS) is 19.1. The van der Waals surface area contributed by atoms with Crippen molar-refractivity contribution >= 4 is 38.5 Å². The highest BCUT2D eigenvalue weighted by atomic mass is 32.2. The standard InChI is InChI=1S/C35H39F3N6O5S/c1-21-10-11-23-24(12-13-26(36)29(23)44(50(5,46)47)28-14-16-35(28,37)38)30(21)48-31-25(9-6-17-39-31)27-15-18-40-32(42-27)41-22-8-7-19-43(20-22)33(45)49-34(2,3)4/h6,9-13,15,17-18,22,28H,7-8,14,16,19-20H2,1-5H3,(H,40,41,42)/t22-,28?/m0/s1. The number of carbonyl (C=O) groups is 1. The van der Waals surface area contributed by atoms with Crippen molar-refractivity contribution in [1.29, 1.82) is 0 Å². The van der Waals surface area contributed by atoms with Crippen LogP contribution in [0.4, 0.5) is 29.6 Å². The Hall–Kier alpha value is -4.66. The van der Waals surface area contributed by atoms with E-state index in [0.29, 0.717) is 45.6 Å². The molecular weight excluding hydrogens is 673 g/mol. The third-order valence-corrected chi connectivity index (χ3v) is 9.83. The van der Waals surface area contributed by atoms with Gasteiger partial charge in [0.2, 0.25) is 21.9 Å². The summed E-state index contributed by atoms with van der Waals surface area (Å²) in [5.41, 5.74) is 0.530. The third kappa shape index (κ3) is 7.28. The van der Waals surface area contributed by atoms with Crippen molar-refractivity contribution in [3.8, 4) is 22.9 Å². The Kier molecular flexibility index (Phi) is 9.31. The van der Waals surface area contributed by atoms with E-state index in [1.165, 1.54) is 18.3 Å². The van der Waals surface area contributed by atoms with Crippen molar-refractivity contribution in [3.05, 3.63) is 66.2 Å². The van der Waals surface area contributed by atoms with Crippen LogP contribution in [0.1, 0.15) is 52.0 Å². The zero-order chi connectivity index (χ0) is 36.0. The molecule has 1 unspecified atom stereocenters. The molecular formula is C35H39F3N6O5S. The number of aromatic nitrogens is 3. The number of aryl methyl sites for hydroxylation is 1. The summed E-state index contributed by atoms with van der Waals surface area (Å²) in [7, 11) is -4.30. The number of sulfonamides is 1. The average Bonchev–Trinajstić information content (AvgIpc) is 3.04. The van der Waals surface area contributed by atoms with E-state index in [1.54, 1.807) is 42.3 Å². The zero-order valence-corrected chi connectivity index (χ0v) is 29.2. The van der Waals surface area contributed by atoms with E-state index < -0.39 is 45.5 Å². The molecule has 0 radical (unpaired) electrons. The van der Waals surface area contributed by atoms with E-state index in [9.17, 15) is 22.0 Å². The van der Waals surface area contributed by atoms with Gasteiger partial charge in [-0.15, -0.1) is 0 Å². The minimum absolute atomic E-state index is 0.0950. The van der Waals surface area contributed by atoms with Gasteiger partial charge in [0.05, 0.1) is 23.2 Å². The summed E-state index contributed by atoms with van der Waals surface area (Å²) in [6, 6.07) is 8.93.